The molecule has 0 fully saturated rings. The summed E-state index contributed by atoms with van der Waals surface area (Å²) in [5.41, 5.74) is 3.71. The second-order valence-electron chi connectivity index (χ2n) is 20.9. The van der Waals surface area contributed by atoms with Crippen LogP contribution >= 0.6 is 0 Å². The fourth-order valence-corrected chi connectivity index (χ4v) is 10.6. The topological polar surface area (TPSA) is 200 Å². The van der Waals surface area contributed by atoms with Crippen molar-refractivity contribution < 1.29 is 71.5 Å². The average molecular weight is 1130 g/mol. The number of hydrogen-bond donors (Lipinski definition) is 0. The molecule has 2 heterocycles. The SMILES string of the molecule is C=C(C)C(=O)OCCOC(=O)C(C)N1C(=O)c2cc(Oc3ccc(C)cc3)c3c4c(Oc5ccc(C)cc5)cc5c6c(cc(Oc7ccc(C)cc7)c(c7c(Oc8ccc(C)cc8)cc(c2c37)C1=O)c64)C(=O)N(C(C)C(=O)OCCOC)C5=O. The van der Waals surface area contributed by atoms with Gasteiger partial charge in [0, 0.05) is 55.8 Å². The van der Waals surface area contributed by atoms with Gasteiger partial charge in [-0.1, -0.05) is 77.4 Å². The Morgan fingerprint density at radius 3 is 0.929 bits per heavy atom. The van der Waals surface area contributed by atoms with Gasteiger partial charge in [0.25, 0.3) is 23.6 Å². The first-order valence-electron chi connectivity index (χ1n) is 27.1. The molecule has 9 aromatic rings. The molecule has 0 bridgehead atoms. The molecule has 2 atom stereocenters. The quantitative estimate of drug-likeness (QED) is 0.0141. The maximum Gasteiger partial charge on any atom is 0.333 e. The van der Waals surface area contributed by atoms with E-state index in [2.05, 4.69) is 6.58 Å². The van der Waals surface area contributed by atoms with Gasteiger partial charge in [-0.25, -0.2) is 14.4 Å². The fraction of sp³-hybridized carbons (Fsp3) is 0.209. The lowest BCUT2D eigenvalue weighted by molar-refractivity contribution is -0.152. The number of rotatable bonds is 19. The van der Waals surface area contributed by atoms with Crippen molar-refractivity contribution in [2.75, 3.05) is 33.5 Å². The zero-order valence-electron chi connectivity index (χ0n) is 47.3. The van der Waals surface area contributed by atoms with Gasteiger partial charge in [0.2, 0.25) is 0 Å². The first-order chi connectivity index (χ1) is 40.3. The van der Waals surface area contributed by atoms with Gasteiger partial charge in [-0.2, -0.15) is 0 Å². The number of ether oxygens (including phenoxy) is 8. The maximum atomic E-state index is 15.5. The zero-order valence-corrected chi connectivity index (χ0v) is 47.3. The van der Waals surface area contributed by atoms with Crippen LogP contribution in [-0.4, -0.2) is 97.0 Å². The number of amides is 4. The molecule has 0 N–H and O–H groups in total. The third kappa shape index (κ3) is 10.0. The molecule has 84 heavy (non-hydrogen) atoms. The van der Waals surface area contributed by atoms with Crippen LogP contribution in [-0.2, 0) is 33.3 Å². The van der Waals surface area contributed by atoms with Crippen molar-refractivity contribution in [2.45, 2.75) is 60.5 Å². The zero-order chi connectivity index (χ0) is 59.4. The van der Waals surface area contributed by atoms with Gasteiger partial charge in [0.1, 0.15) is 77.9 Å². The number of carbonyl (C=O) groups is 7. The highest BCUT2D eigenvalue weighted by Crippen LogP contribution is 2.58. The summed E-state index contributed by atoms with van der Waals surface area (Å²) < 4.78 is 49.2. The van der Waals surface area contributed by atoms with Crippen molar-refractivity contribution >= 4 is 84.6 Å². The van der Waals surface area contributed by atoms with Crippen LogP contribution in [0.25, 0.3) is 43.1 Å². The summed E-state index contributed by atoms with van der Waals surface area (Å²) in [6.07, 6.45) is 0. The molecular formula is C67H56N2O15. The number of imide groups is 2. The maximum absolute atomic E-state index is 15.5. The molecule has 4 amide bonds. The molecule has 0 radical (unpaired) electrons. The van der Waals surface area contributed by atoms with Crippen LogP contribution in [0.5, 0.6) is 46.0 Å². The van der Waals surface area contributed by atoms with Crippen molar-refractivity contribution in [3.63, 3.8) is 0 Å². The minimum absolute atomic E-state index is 0.0166. The second-order valence-corrected chi connectivity index (χ2v) is 20.9. The lowest BCUT2D eigenvalue weighted by Crippen LogP contribution is -2.50. The molecule has 0 aliphatic carbocycles. The standard InChI is InChI=1S/C67H56N2O15/c1-34(2)65(74)78-28-29-80-67(76)40(8)69-63(72)47-32-51(83-43-22-14-37(5)15-23-43)57-55-49(81-41-18-10-35(3)11-19-41)30-45-53-46(62(71)68(61(45)70)39(7)66(75)79-27-26-77-9)31-50(82-42-20-12-36(4)13-21-42)56(59(53)55)58-52(84-44-24-16-38(6)17-25-44)33-48(64(69)73)54(47)60(57)58/h10-25,30-33,39-40H,1,26-29H2,2-9H3. The largest absolute Gasteiger partial charge is 0.462 e. The minimum atomic E-state index is -1.52. The van der Waals surface area contributed by atoms with E-state index in [4.69, 9.17) is 37.9 Å². The number of aryl methyl sites for hydroxylation is 4. The molecule has 424 valence electrons. The molecule has 2 unspecified atom stereocenters. The summed E-state index contributed by atoms with van der Waals surface area (Å²) in [4.78, 5) is 103. The van der Waals surface area contributed by atoms with E-state index in [0.29, 0.717) is 23.0 Å². The first kappa shape index (κ1) is 55.8. The van der Waals surface area contributed by atoms with Crippen molar-refractivity contribution in [2.24, 2.45) is 0 Å². The van der Waals surface area contributed by atoms with Crippen LogP contribution in [0.15, 0.2) is 133 Å². The summed E-state index contributed by atoms with van der Waals surface area (Å²) in [7, 11) is 1.45. The van der Waals surface area contributed by atoms with Crippen molar-refractivity contribution in [3.05, 3.63) is 178 Å². The summed E-state index contributed by atoms with van der Waals surface area (Å²) in [6.45, 7) is 14.7. The highest BCUT2D eigenvalue weighted by atomic mass is 16.6. The Labute approximate surface area is 482 Å². The summed E-state index contributed by atoms with van der Waals surface area (Å²) >= 11 is 0. The van der Waals surface area contributed by atoms with Gasteiger partial charge in [0.05, 0.1) is 28.9 Å². The van der Waals surface area contributed by atoms with E-state index in [1.807, 2.05) is 76.2 Å². The molecule has 2 aliphatic heterocycles. The highest BCUT2D eigenvalue weighted by molar-refractivity contribution is 6.45. The predicted octanol–water partition coefficient (Wildman–Crippen LogP) is 13.0. The van der Waals surface area contributed by atoms with Crippen LogP contribution in [0.2, 0.25) is 0 Å². The number of nitrogens with zero attached hydrogens (tertiary/aromatic N) is 2. The Morgan fingerprint density at radius 1 is 0.405 bits per heavy atom. The van der Waals surface area contributed by atoms with Gasteiger partial charge in [-0.15, -0.1) is 0 Å². The number of methoxy groups -OCH3 is 1. The van der Waals surface area contributed by atoms with Gasteiger partial charge in [-0.3, -0.25) is 29.0 Å². The van der Waals surface area contributed by atoms with Crippen molar-refractivity contribution in [1.82, 2.24) is 9.80 Å². The van der Waals surface area contributed by atoms with E-state index in [9.17, 15) is 14.4 Å². The molecule has 9 aromatic carbocycles. The number of carbonyl (C=O) groups excluding carboxylic acids is 7. The Kier molecular flexibility index (Phi) is 14.8. The molecule has 17 heteroatoms. The van der Waals surface area contributed by atoms with Crippen LogP contribution in [0.3, 0.4) is 0 Å². The van der Waals surface area contributed by atoms with Crippen molar-refractivity contribution in [1.29, 1.82) is 0 Å². The highest BCUT2D eigenvalue weighted by Gasteiger charge is 2.45. The van der Waals surface area contributed by atoms with Crippen LogP contribution in [0.1, 0.15) is 84.5 Å². The van der Waals surface area contributed by atoms with Gasteiger partial charge in [-0.05, 0) is 121 Å². The van der Waals surface area contributed by atoms with Crippen LogP contribution in [0.4, 0.5) is 0 Å². The van der Waals surface area contributed by atoms with E-state index < -0.39 is 53.6 Å². The first-order valence-corrected chi connectivity index (χ1v) is 27.1. The Hall–Kier alpha value is -10.1. The predicted molar refractivity (Wildman–Crippen MR) is 312 cm³/mol. The van der Waals surface area contributed by atoms with Crippen LogP contribution < -0.4 is 18.9 Å². The van der Waals surface area contributed by atoms with Gasteiger partial charge >= 0.3 is 17.9 Å². The molecule has 11 rings (SSSR count). The normalized spacial score (nSPS) is 13.6. The third-order valence-corrected chi connectivity index (χ3v) is 14.9. The number of fused-ring (bicyclic) bond motifs is 2. The molecule has 17 nitrogen and oxygen atoms in total. The molecule has 0 aromatic heterocycles. The van der Waals surface area contributed by atoms with E-state index in [1.165, 1.54) is 52.1 Å². The Balaban J connectivity index is 1.28. The summed E-state index contributed by atoms with van der Waals surface area (Å²) in [5, 5.41) is 1.91. The van der Waals surface area contributed by atoms with Crippen molar-refractivity contribution in [3.8, 4) is 46.0 Å². The Bertz CT molecular complexity index is 4000. The van der Waals surface area contributed by atoms with E-state index >= 15 is 19.2 Å². The number of esters is 3. The van der Waals surface area contributed by atoms with Gasteiger partial charge < -0.3 is 37.9 Å². The third-order valence-electron chi connectivity index (χ3n) is 14.9. The molecule has 0 spiro atoms. The second kappa shape index (κ2) is 22.3. The summed E-state index contributed by atoms with van der Waals surface area (Å²) in [5.74, 6) is -4.30. The number of benzene rings is 9. The molecule has 0 saturated heterocycles. The van der Waals surface area contributed by atoms with Crippen LogP contribution in [0, 0.1) is 27.7 Å². The fourth-order valence-electron chi connectivity index (χ4n) is 10.6. The molecule has 2 aliphatic rings. The van der Waals surface area contributed by atoms with E-state index in [-0.39, 0.29) is 120 Å². The van der Waals surface area contributed by atoms with Gasteiger partial charge in [0.15, 0.2) is 0 Å². The average Bonchev–Trinajstić information content (AvgIpc) is 0.769. The minimum Gasteiger partial charge on any atom is -0.462 e. The molecular weight excluding hydrogens is 1070 g/mol. The Morgan fingerprint density at radius 2 is 0.667 bits per heavy atom. The monoisotopic (exact) mass is 1130 g/mol. The summed E-state index contributed by atoms with van der Waals surface area (Å²) in [6, 6.07) is 31.9. The number of hydrogen-bond acceptors (Lipinski definition) is 15. The lowest BCUT2D eigenvalue weighted by Gasteiger charge is -2.34. The molecule has 0 saturated carbocycles. The van der Waals surface area contributed by atoms with E-state index in [0.717, 1.165) is 32.1 Å². The smallest absolute Gasteiger partial charge is 0.333 e. The lowest BCUT2D eigenvalue weighted by atomic mass is 9.80. The van der Waals surface area contributed by atoms with E-state index in [1.54, 1.807) is 48.5 Å².